The van der Waals surface area contributed by atoms with E-state index in [1.807, 2.05) is 78.3 Å². The van der Waals surface area contributed by atoms with Crippen LogP contribution in [-0.2, 0) is 17.2 Å². The molecule has 0 bridgehead atoms. The third-order valence-corrected chi connectivity index (χ3v) is 8.71. The molecule has 0 spiro atoms. The Morgan fingerprint density at radius 1 is 0.976 bits per heavy atom. The van der Waals surface area contributed by atoms with Crippen molar-refractivity contribution in [1.29, 1.82) is 0 Å². The van der Waals surface area contributed by atoms with E-state index in [1.54, 1.807) is 0 Å². The number of nitrogens with one attached hydrogen (secondary N) is 1. The predicted molar refractivity (Wildman–Crippen MR) is 162 cm³/mol. The van der Waals surface area contributed by atoms with E-state index in [0.717, 1.165) is 40.8 Å². The molecule has 0 saturated heterocycles. The fourth-order valence-electron chi connectivity index (χ4n) is 5.12. The van der Waals surface area contributed by atoms with Gasteiger partial charge in [0.05, 0.1) is 6.61 Å². The molecule has 6 rings (SSSR count). The maximum absolute atomic E-state index is 13.3. The maximum atomic E-state index is 13.3. The lowest BCUT2D eigenvalue weighted by atomic mass is 9.85. The largest absolute Gasteiger partial charge is 0.490 e. The SMILES string of the molecule is CCOc1cc(C2C3=C(CCCC3=O)Nc3nc(SCc4ccccc4Cl)nn32)ccc1OCc1ccccc1Cl. The van der Waals surface area contributed by atoms with Crippen molar-refractivity contribution in [1.82, 2.24) is 14.8 Å². The number of allylic oxidation sites excluding steroid dienone is 2. The van der Waals surface area contributed by atoms with Crippen LogP contribution < -0.4 is 14.8 Å². The van der Waals surface area contributed by atoms with Crippen molar-refractivity contribution in [3.8, 4) is 11.5 Å². The van der Waals surface area contributed by atoms with Crippen LogP contribution in [0.5, 0.6) is 11.5 Å². The Labute approximate surface area is 252 Å². The lowest BCUT2D eigenvalue weighted by Gasteiger charge is -2.32. The standard InChI is InChI=1S/C31H28Cl2N4O3S/c1-2-39-27-16-19(14-15-26(27)40-17-20-8-3-5-10-22(20)32)29-28-24(12-7-13-25(28)38)34-30-35-31(36-37(29)30)41-18-21-9-4-6-11-23(21)33/h3-6,8-11,14-16,29H,2,7,12-13,17-18H2,1H3,(H,34,35,36). The van der Waals surface area contributed by atoms with Crippen LogP contribution in [0.3, 0.4) is 0 Å². The van der Waals surface area contributed by atoms with E-state index >= 15 is 0 Å². The number of Topliss-reactive ketones (excluding diaryl/α,β-unsaturated/α-hetero) is 1. The summed E-state index contributed by atoms with van der Waals surface area (Å²) in [6.45, 7) is 2.69. The van der Waals surface area contributed by atoms with E-state index in [-0.39, 0.29) is 5.78 Å². The summed E-state index contributed by atoms with van der Waals surface area (Å²) < 4.78 is 14.0. The molecule has 0 amide bonds. The number of ketones is 1. The van der Waals surface area contributed by atoms with Gasteiger partial charge in [-0.25, -0.2) is 4.68 Å². The number of aromatic nitrogens is 3. The number of halogens is 2. The van der Waals surface area contributed by atoms with Gasteiger partial charge in [-0.1, -0.05) is 77.4 Å². The molecule has 1 atom stereocenters. The summed E-state index contributed by atoms with van der Waals surface area (Å²) in [5.74, 6) is 2.56. The zero-order chi connectivity index (χ0) is 28.3. The molecule has 41 heavy (non-hydrogen) atoms. The van der Waals surface area contributed by atoms with E-state index < -0.39 is 6.04 Å². The Bertz CT molecular complexity index is 1640. The number of anilines is 1. The summed E-state index contributed by atoms with van der Waals surface area (Å²) in [6, 6.07) is 20.7. The molecule has 3 aromatic carbocycles. The predicted octanol–water partition coefficient (Wildman–Crippen LogP) is 7.88. The van der Waals surface area contributed by atoms with Crippen LogP contribution in [0.15, 0.2) is 83.2 Å². The van der Waals surface area contributed by atoms with Gasteiger partial charge in [-0.05, 0) is 55.2 Å². The van der Waals surface area contributed by atoms with Crippen LogP contribution in [0.2, 0.25) is 10.0 Å². The second kappa shape index (κ2) is 12.2. The molecule has 0 radical (unpaired) electrons. The van der Waals surface area contributed by atoms with Crippen molar-refractivity contribution in [2.75, 3.05) is 11.9 Å². The van der Waals surface area contributed by atoms with Crippen LogP contribution >= 0.6 is 35.0 Å². The number of benzene rings is 3. The average Bonchev–Trinajstić information content (AvgIpc) is 3.38. The van der Waals surface area contributed by atoms with E-state index in [4.69, 9.17) is 42.8 Å². The number of hydrogen-bond acceptors (Lipinski definition) is 7. The Morgan fingerprint density at radius 2 is 1.73 bits per heavy atom. The molecule has 1 unspecified atom stereocenters. The normalized spacial score (nSPS) is 16.2. The molecular weight excluding hydrogens is 579 g/mol. The molecule has 10 heteroatoms. The molecule has 1 N–H and O–H groups in total. The van der Waals surface area contributed by atoms with Gasteiger partial charge in [-0.2, -0.15) is 4.98 Å². The maximum Gasteiger partial charge on any atom is 0.227 e. The van der Waals surface area contributed by atoms with Crippen LogP contribution in [0.1, 0.15) is 48.9 Å². The van der Waals surface area contributed by atoms with E-state index in [0.29, 0.717) is 58.0 Å². The molecule has 0 saturated carbocycles. The number of carbonyl (C=O) groups is 1. The number of ether oxygens (including phenoxy) is 2. The first-order chi connectivity index (χ1) is 20.0. The summed E-state index contributed by atoms with van der Waals surface area (Å²) >= 11 is 14.2. The number of rotatable bonds is 9. The Kier molecular flexibility index (Phi) is 8.23. The summed E-state index contributed by atoms with van der Waals surface area (Å²) in [7, 11) is 0. The smallest absolute Gasteiger partial charge is 0.227 e. The van der Waals surface area contributed by atoms with Crippen molar-refractivity contribution in [2.45, 2.75) is 49.7 Å². The Balaban J connectivity index is 1.33. The van der Waals surface area contributed by atoms with Crippen LogP contribution in [0.25, 0.3) is 0 Å². The first-order valence-electron chi connectivity index (χ1n) is 13.5. The number of carbonyl (C=O) groups excluding carboxylic acids is 1. The van der Waals surface area contributed by atoms with Gasteiger partial charge >= 0.3 is 0 Å². The van der Waals surface area contributed by atoms with Gasteiger partial charge in [0.25, 0.3) is 0 Å². The van der Waals surface area contributed by atoms with E-state index in [1.165, 1.54) is 11.8 Å². The van der Waals surface area contributed by atoms with Gasteiger partial charge < -0.3 is 14.8 Å². The lowest BCUT2D eigenvalue weighted by Crippen LogP contribution is -2.31. The molecule has 2 aliphatic rings. The van der Waals surface area contributed by atoms with Crippen molar-refractivity contribution in [2.24, 2.45) is 0 Å². The molecule has 2 heterocycles. The quantitative estimate of drug-likeness (QED) is 0.194. The molecule has 0 fully saturated rings. The molecule has 210 valence electrons. The lowest BCUT2D eigenvalue weighted by molar-refractivity contribution is -0.116. The first-order valence-corrected chi connectivity index (χ1v) is 15.2. The minimum Gasteiger partial charge on any atom is -0.490 e. The Hall–Kier alpha value is -3.46. The van der Waals surface area contributed by atoms with Gasteiger partial charge in [-0.15, -0.1) is 5.10 Å². The van der Waals surface area contributed by atoms with Gasteiger partial charge in [0.1, 0.15) is 12.6 Å². The second-order valence-corrected chi connectivity index (χ2v) is 11.5. The summed E-state index contributed by atoms with van der Waals surface area (Å²) in [6.07, 6.45) is 2.09. The highest BCUT2D eigenvalue weighted by atomic mass is 35.5. The summed E-state index contributed by atoms with van der Waals surface area (Å²) in [5, 5.41) is 10.2. The molecular formula is C31H28Cl2N4O3S. The average molecular weight is 608 g/mol. The molecule has 1 aliphatic carbocycles. The van der Waals surface area contributed by atoms with Crippen molar-refractivity contribution in [3.05, 3.63) is 105 Å². The van der Waals surface area contributed by atoms with Crippen LogP contribution in [0.4, 0.5) is 5.95 Å². The van der Waals surface area contributed by atoms with Crippen LogP contribution in [-0.4, -0.2) is 27.2 Å². The second-order valence-electron chi connectivity index (χ2n) is 9.76. The monoisotopic (exact) mass is 606 g/mol. The first kappa shape index (κ1) is 27.7. The molecule has 1 aliphatic heterocycles. The highest BCUT2D eigenvalue weighted by Crippen LogP contribution is 2.43. The summed E-state index contributed by atoms with van der Waals surface area (Å²) in [4.78, 5) is 18.1. The number of hydrogen-bond donors (Lipinski definition) is 1. The van der Waals surface area contributed by atoms with E-state index in [9.17, 15) is 4.79 Å². The van der Waals surface area contributed by atoms with Gasteiger partial charge in [0.15, 0.2) is 17.3 Å². The zero-order valence-electron chi connectivity index (χ0n) is 22.4. The Morgan fingerprint density at radius 3 is 2.49 bits per heavy atom. The topological polar surface area (TPSA) is 78.3 Å². The number of fused-ring (bicyclic) bond motifs is 1. The molecule has 1 aromatic heterocycles. The zero-order valence-corrected chi connectivity index (χ0v) is 24.7. The number of thioether (sulfide) groups is 1. The van der Waals surface area contributed by atoms with Crippen molar-refractivity contribution < 1.29 is 14.3 Å². The highest BCUT2D eigenvalue weighted by Gasteiger charge is 2.37. The van der Waals surface area contributed by atoms with Gasteiger partial charge in [-0.3, -0.25) is 4.79 Å². The van der Waals surface area contributed by atoms with Crippen LogP contribution in [0, 0.1) is 0 Å². The minimum absolute atomic E-state index is 0.118. The third-order valence-electron chi connectivity index (χ3n) is 7.09. The van der Waals surface area contributed by atoms with Crippen molar-refractivity contribution >= 4 is 46.7 Å². The fourth-order valence-corrected chi connectivity index (χ4v) is 6.42. The summed E-state index contributed by atoms with van der Waals surface area (Å²) in [5.41, 5.74) is 4.40. The van der Waals surface area contributed by atoms with Crippen molar-refractivity contribution in [3.63, 3.8) is 0 Å². The van der Waals surface area contributed by atoms with Gasteiger partial charge in [0, 0.05) is 39.1 Å². The highest BCUT2D eigenvalue weighted by molar-refractivity contribution is 7.98. The van der Waals surface area contributed by atoms with Gasteiger partial charge in [0.2, 0.25) is 11.1 Å². The fraction of sp³-hybridized carbons (Fsp3) is 0.258. The molecule has 7 nitrogen and oxygen atoms in total. The number of nitrogens with zero attached hydrogens (tertiary/aromatic N) is 3. The molecule has 4 aromatic rings. The minimum atomic E-state index is -0.437. The third kappa shape index (κ3) is 5.82. The van der Waals surface area contributed by atoms with E-state index in [2.05, 4.69) is 5.32 Å².